The van der Waals surface area contributed by atoms with Gasteiger partial charge in [-0.25, -0.2) is 4.68 Å². The highest BCUT2D eigenvalue weighted by atomic mass is 16.5. The predicted molar refractivity (Wildman–Crippen MR) is 109 cm³/mol. The van der Waals surface area contributed by atoms with Crippen molar-refractivity contribution in [3.05, 3.63) is 48.2 Å². The van der Waals surface area contributed by atoms with Gasteiger partial charge in [-0.05, 0) is 49.2 Å². The summed E-state index contributed by atoms with van der Waals surface area (Å²) in [6.07, 6.45) is 7.67. The van der Waals surface area contributed by atoms with Crippen LogP contribution in [0.5, 0.6) is 0 Å². The number of hydrogen-bond acceptors (Lipinski definition) is 7. The molecule has 1 fully saturated rings. The molecule has 1 aromatic carbocycles. The van der Waals surface area contributed by atoms with Gasteiger partial charge in [0.2, 0.25) is 11.7 Å². The van der Waals surface area contributed by atoms with Gasteiger partial charge in [-0.3, -0.25) is 4.79 Å². The van der Waals surface area contributed by atoms with Crippen molar-refractivity contribution < 1.29 is 13.7 Å². The molecule has 0 N–H and O–H groups in total. The molecule has 3 aromatic heterocycles. The van der Waals surface area contributed by atoms with Crippen molar-refractivity contribution in [2.24, 2.45) is 0 Å². The van der Waals surface area contributed by atoms with Crippen LogP contribution >= 0.6 is 0 Å². The third-order valence-electron chi connectivity index (χ3n) is 5.14. The molecule has 4 aromatic rings. The van der Waals surface area contributed by atoms with Gasteiger partial charge in [0.15, 0.2) is 0 Å². The quantitative estimate of drug-likeness (QED) is 0.486. The highest BCUT2D eigenvalue weighted by molar-refractivity contribution is 5.80. The van der Waals surface area contributed by atoms with Crippen LogP contribution in [0.3, 0.4) is 0 Å². The molecule has 152 valence electrons. The largest absolute Gasteiger partial charge is 0.465 e. The standard InChI is InChI=1S/C21H20N6O3/c28-20(26-10-1-2-11-26)9-12-27-18-7-5-15(14-17(18)23-25-27)21-22-19(30-24-21)8-6-16-4-3-13-29-16/h3-8,13-14H,1-2,9-12H2. The number of carbonyl (C=O) groups is 1. The molecule has 30 heavy (non-hydrogen) atoms. The van der Waals surface area contributed by atoms with E-state index in [1.54, 1.807) is 23.1 Å². The van der Waals surface area contributed by atoms with Crippen molar-refractivity contribution in [2.75, 3.05) is 13.1 Å². The SMILES string of the molecule is O=C(CCn1nnc2cc(-c3noc(C=Cc4ccco4)n3)ccc21)N1CCCC1. The fourth-order valence-corrected chi connectivity index (χ4v) is 3.56. The molecule has 1 aliphatic heterocycles. The van der Waals surface area contributed by atoms with E-state index in [0.717, 1.165) is 42.5 Å². The number of aryl methyl sites for hydroxylation is 1. The van der Waals surface area contributed by atoms with Gasteiger partial charge in [0, 0.05) is 31.1 Å². The van der Waals surface area contributed by atoms with Crippen LogP contribution in [0.1, 0.15) is 30.9 Å². The summed E-state index contributed by atoms with van der Waals surface area (Å²) in [4.78, 5) is 18.6. The number of furan rings is 1. The summed E-state index contributed by atoms with van der Waals surface area (Å²) >= 11 is 0. The van der Waals surface area contributed by atoms with Crippen LogP contribution in [0.25, 0.3) is 34.6 Å². The molecule has 5 rings (SSSR count). The zero-order valence-electron chi connectivity index (χ0n) is 16.3. The van der Waals surface area contributed by atoms with Crippen molar-refractivity contribution in [1.82, 2.24) is 30.0 Å². The molecular weight excluding hydrogens is 384 g/mol. The van der Waals surface area contributed by atoms with Gasteiger partial charge in [-0.15, -0.1) is 5.10 Å². The first-order chi connectivity index (χ1) is 14.8. The highest BCUT2D eigenvalue weighted by Crippen LogP contribution is 2.22. The van der Waals surface area contributed by atoms with Crippen molar-refractivity contribution in [1.29, 1.82) is 0 Å². The molecular formula is C21H20N6O3. The van der Waals surface area contributed by atoms with Crippen LogP contribution in [-0.2, 0) is 11.3 Å². The summed E-state index contributed by atoms with van der Waals surface area (Å²) in [7, 11) is 0. The monoisotopic (exact) mass is 404 g/mol. The summed E-state index contributed by atoms with van der Waals surface area (Å²) in [5, 5.41) is 12.5. The zero-order valence-corrected chi connectivity index (χ0v) is 16.3. The lowest BCUT2D eigenvalue weighted by atomic mass is 10.2. The number of amides is 1. The highest BCUT2D eigenvalue weighted by Gasteiger charge is 2.18. The Balaban J connectivity index is 1.29. The maximum Gasteiger partial charge on any atom is 0.251 e. The van der Waals surface area contributed by atoms with Crippen LogP contribution in [0.2, 0.25) is 0 Å². The van der Waals surface area contributed by atoms with Crippen molar-refractivity contribution in [2.45, 2.75) is 25.8 Å². The van der Waals surface area contributed by atoms with E-state index < -0.39 is 0 Å². The summed E-state index contributed by atoms with van der Waals surface area (Å²) in [6.45, 7) is 2.24. The first-order valence-corrected chi connectivity index (χ1v) is 9.93. The summed E-state index contributed by atoms with van der Waals surface area (Å²) in [5.74, 6) is 1.73. The number of aromatic nitrogens is 5. The average molecular weight is 404 g/mol. The Morgan fingerprint density at radius 1 is 1.17 bits per heavy atom. The molecule has 0 radical (unpaired) electrons. The molecule has 1 aliphatic rings. The normalized spacial score (nSPS) is 14.3. The lowest BCUT2D eigenvalue weighted by Gasteiger charge is -2.14. The maximum absolute atomic E-state index is 12.3. The van der Waals surface area contributed by atoms with Crippen LogP contribution in [0.4, 0.5) is 0 Å². The lowest BCUT2D eigenvalue weighted by Crippen LogP contribution is -2.28. The van der Waals surface area contributed by atoms with Gasteiger partial charge < -0.3 is 13.8 Å². The second-order valence-corrected chi connectivity index (χ2v) is 7.16. The Hall–Kier alpha value is -3.75. The van der Waals surface area contributed by atoms with Gasteiger partial charge in [0.05, 0.1) is 18.3 Å². The van der Waals surface area contributed by atoms with E-state index >= 15 is 0 Å². The van der Waals surface area contributed by atoms with E-state index in [9.17, 15) is 4.79 Å². The molecule has 1 saturated heterocycles. The molecule has 0 aliphatic carbocycles. The fourth-order valence-electron chi connectivity index (χ4n) is 3.56. The Kier molecular flexibility index (Phi) is 4.84. The lowest BCUT2D eigenvalue weighted by molar-refractivity contribution is -0.130. The number of hydrogen-bond donors (Lipinski definition) is 0. The number of carbonyl (C=O) groups excluding carboxylic acids is 1. The minimum absolute atomic E-state index is 0.176. The number of likely N-dealkylation sites (tertiary alicyclic amines) is 1. The third-order valence-corrected chi connectivity index (χ3v) is 5.14. The molecule has 1 amide bonds. The zero-order chi connectivity index (χ0) is 20.3. The van der Waals surface area contributed by atoms with E-state index in [0.29, 0.717) is 30.4 Å². The van der Waals surface area contributed by atoms with Gasteiger partial charge in [-0.1, -0.05) is 10.4 Å². The molecule has 4 heterocycles. The second kappa shape index (κ2) is 7.94. The van der Waals surface area contributed by atoms with E-state index in [4.69, 9.17) is 8.94 Å². The Morgan fingerprint density at radius 2 is 2.07 bits per heavy atom. The molecule has 0 spiro atoms. The van der Waals surface area contributed by atoms with Crippen LogP contribution < -0.4 is 0 Å². The third kappa shape index (κ3) is 3.73. The minimum Gasteiger partial charge on any atom is -0.465 e. The second-order valence-electron chi connectivity index (χ2n) is 7.16. The smallest absolute Gasteiger partial charge is 0.251 e. The molecule has 0 atom stereocenters. The molecule has 0 saturated carbocycles. The van der Waals surface area contributed by atoms with Gasteiger partial charge in [0.1, 0.15) is 11.3 Å². The van der Waals surface area contributed by atoms with Crippen molar-refractivity contribution >= 4 is 29.1 Å². The van der Waals surface area contributed by atoms with Crippen LogP contribution in [0, 0.1) is 0 Å². The average Bonchev–Trinajstić information content (AvgIpc) is 3.56. The topological polar surface area (TPSA) is 103 Å². The molecule has 0 bridgehead atoms. The first kappa shape index (κ1) is 18.3. The van der Waals surface area contributed by atoms with Gasteiger partial charge in [-0.2, -0.15) is 4.98 Å². The molecule has 9 nitrogen and oxygen atoms in total. The summed E-state index contributed by atoms with van der Waals surface area (Å²) in [6, 6.07) is 9.33. The first-order valence-electron chi connectivity index (χ1n) is 9.93. The van der Waals surface area contributed by atoms with Crippen LogP contribution in [-0.4, -0.2) is 49.0 Å². The van der Waals surface area contributed by atoms with Crippen molar-refractivity contribution in [3.8, 4) is 11.4 Å². The number of nitrogens with zero attached hydrogens (tertiary/aromatic N) is 6. The maximum atomic E-state index is 12.3. The summed E-state index contributed by atoms with van der Waals surface area (Å²) < 4.78 is 12.3. The van der Waals surface area contributed by atoms with E-state index in [-0.39, 0.29) is 5.91 Å². The fraction of sp³-hybridized carbons (Fsp3) is 0.286. The molecule has 0 unspecified atom stereocenters. The Morgan fingerprint density at radius 3 is 2.90 bits per heavy atom. The Labute approximate surface area is 172 Å². The van der Waals surface area contributed by atoms with Crippen LogP contribution in [0.15, 0.2) is 45.5 Å². The van der Waals surface area contributed by atoms with E-state index in [1.165, 1.54) is 0 Å². The predicted octanol–water partition coefficient (Wildman–Crippen LogP) is 3.26. The summed E-state index contributed by atoms with van der Waals surface area (Å²) in [5.41, 5.74) is 2.37. The van der Waals surface area contributed by atoms with E-state index in [2.05, 4.69) is 20.5 Å². The minimum atomic E-state index is 0.176. The molecule has 9 heteroatoms. The number of fused-ring (bicyclic) bond motifs is 1. The van der Waals surface area contributed by atoms with Gasteiger partial charge >= 0.3 is 0 Å². The van der Waals surface area contributed by atoms with Gasteiger partial charge in [0.25, 0.3) is 5.89 Å². The number of benzene rings is 1. The van der Waals surface area contributed by atoms with Crippen molar-refractivity contribution in [3.63, 3.8) is 0 Å². The van der Waals surface area contributed by atoms with E-state index in [1.807, 2.05) is 35.2 Å². The Bertz CT molecular complexity index is 1180. The number of rotatable bonds is 6.